The van der Waals surface area contributed by atoms with Crippen LogP contribution in [-0.2, 0) is 13.0 Å². The van der Waals surface area contributed by atoms with Gasteiger partial charge in [-0.2, -0.15) is 0 Å². The first-order valence-corrected chi connectivity index (χ1v) is 7.68. The maximum absolute atomic E-state index is 11.9. The van der Waals surface area contributed by atoms with Crippen molar-refractivity contribution in [3.05, 3.63) is 92.6 Å². The Kier molecular flexibility index (Phi) is 4.68. The molecule has 0 atom stereocenters. The zero-order valence-electron chi connectivity index (χ0n) is 12.4. The van der Waals surface area contributed by atoms with E-state index in [0.29, 0.717) is 23.4 Å². The van der Waals surface area contributed by atoms with E-state index in [1.165, 1.54) is 0 Å². The number of hydrogen-bond acceptors (Lipinski definition) is 3. The van der Waals surface area contributed by atoms with Gasteiger partial charge in [-0.25, -0.2) is 0 Å². The number of benzene rings is 2. The third kappa shape index (κ3) is 4.17. The third-order valence-corrected chi connectivity index (χ3v) is 3.66. The lowest BCUT2D eigenvalue weighted by Gasteiger charge is -2.08. The first kappa shape index (κ1) is 15.2. The van der Waals surface area contributed by atoms with Crippen molar-refractivity contribution in [2.45, 2.75) is 13.0 Å². The summed E-state index contributed by atoms with van der Waals surface area (Å²) < 4.78 is 6.14. The molecule has 0 unspecified atom stereocenters. The fourth-order valence-corrected chi connectivity index (χ4v) is 2.43. The highest BCUT2D eigenvalue weighted by Crippen LogP contribution is 2.16. The summed E-state index contributed by atoms with van der Waals surface area (Å²) in [5, 5.41) is 0. The van der Waals surface area contributed by atoms with E-state index in [-0.39, 0.29) is 5.56 Å². The van der Waals surface area contributed by atoms with E-state index in [1.54, 1.807) is 6.20 Å². The highest BCUT2D eigenvalue weighted by Gasteiger charge is 2.03. The van der Waals surface area contributed by atoms with E-state index >= 15 is 0 Å². The summed E-state index contributed by atoms with van der Waals surface area (Å²) in [6, 6.07) is 17.8. The van der Waals surface area contributed by atoms with Gasteiger partial charge >= 0.3 is 0 Å². The van der Waals surface area contributed by atoms with Gasteiger partial charge in [0.2, 0.25) is 0 Å². The Bertz CT molecular complexity index is 900. The molecular formula is C18H16N2O2S. The zero-order valence-corrected chi connectivity index (χ0v) is 13.2. The van der Waals surface area contributed by atoms with E-state index in [0.717, 1.165) is 16.9 Å². The summed E-state index contributed by atoms with van der Waals surface area (Å²) >= 11 is 4.89. The number of hydrogen-bond donors (Lipinski definition) is 2. The minimum atomic E-state index is -0.163. The molecule has 3 aromatic rings. The Labute approximate surface area is 138 Å². The Balaban J connectivity index is 1.72. The van der Waals surface area contributed by atoms with Crippen molar-refractivity contribution < 1.29 is 4.74 Å². The van der Waals surface area contributed by atoms with E-state index in [2.05, 4.69) is 9.97 Å². The molecule has 0 aliphatic rings. The molecule has 0 aliphatic heterocycles. The summed E-state index contributed by atoms with van der Waals surface area (Å²) in [4.78, 5) is 17.3. The summed E-state index contributed by atoms with van der Waals surface area (Å²) in [6.07, 6.45) is 2.17. The van der Waals surface area contributed by atoms with Gasteiger partial charge in [0.05, 0.1) is 0 Å². The van der Waals surface area contributed by atoms with Crippen molar-refractivity contribution in [2.75, 3.05) is 0 Å². The Morgan fingerprint density at radius 3 is 2.57 bits per heavy atom. The van der Waals surface area contributed by atoms with Gasteiger partial charge in [-0.15, -0.1) is 0 Å². The summed E-state index contributed by atoms with van der Waals surface area (Å²) in [5.41, 5.74) is 2.60. The Hall–Kier alpha value is -2.66. The van der Waals surface area contributed by atoms with Crippen molar-refractivity contribution in [2.24, 2.45) is 0 Å². The highest BCUT2D eigenvalue weighted by atomic mass is 32.1. The molecule has 0 amide bonds. The van der Waals surface area contributed by atoms with Crippen LogP contribution in [0.15, 0.2) is 65.6 Å². The number of aromatic amines is 2. The number of nitrogens with one attached hydrogen (secondary N) is 2. The smallest absolute Gasteiger partial charge is 0.255 e. The molecule has 1 aromatic heterocycles. The standard InChI is InChI=1S/C18H16N2O2S/c21-17-15(11-19-18(23)20-17)9-14-7-4-8-16(10-14)22-12-13-5-2-1-3-6-13/h1-8,10-11H,9,12H2,(H2,19,20,21,23). The van der Waals surface area contributed by atoms with Crippen LogP contribution in [0.25, 0.3) is 0 Å². The molecule has 4 nitrogen and oxygen atoms in total. The van der Waals surface area contributed by atoms with Gasteiger partial charge in [0.25, 0.3) is 5.56 Å². The third-order valence-electron chi connectivity index (χ3n) is 3.44. The van der Waals surface area contributed by atoms with Gasteiger partial charge < -0.3 is 9.72 Å². The summed E-state index contributed by atoms with van der Waals surface area (Å²) in [7, 11) is 0. The molecule has 116 valence electrons. The summed E-state index contributed by atoms with van der Waals surface area (Å²) in [6.45, 7) is 0.517. The maximum atomic E-state index is 11.9. The van der Waals surface area contributed by atoms with Crippen molar-refractivity contribution in [1.29, 1.82) is 0 Å². The molecule has 0 saturated carbocycles. The van der Waals surface area contributed by atoms with Crippen LogP contribution in [0.3, 0.4) is 0 Å². The van der Waals surface area contributed by atoms with Crippen LogP contribution in [0.1, 0.15) is 16.7 Å². The number of H-pyrrole nitrogens is 2. The second-order valence-corrected chi connectivity index (χ2v) is 5.60. The predicted octanol–water partition coefficient (Wildman–Crippen LogP) is 3.60. The van der Waals surface area contributed by atoms with Gasteiger partial charge in [0.15, 0.2) is 4.77 Å². The molecule has 0 aliphatic carbocycles. The van der Waals surface area contributed by atoms with Crippen molar-refractivity contribution in [1.82, 2.24) is 9.97 Å². The quantitative estimate of drug-likeness (QED) is 0.705. The van der Waals surface area contributed by atoms with Crippen LogP contribution < -0.4 is 10.3 Å². The van der Waals surface area contributed by atoms with Crippen LogP contribution in [0.2, 0.25) is 0 Å². The molecule has 1 heterocycles. The van der Waals surface area contributed by atoms with Gasteiger partial charge in [0.1, 0.15) is 12.4 Å². The van der Waals surface area contributed by atoms with E-state index in [4.69, 9.17) is 17.0 Å². The van der Waals surface area contributed by atoms with Crippen LogP contribution in [0, 0.1) is 4.77 Å². The van der Waals surface area contributed by atoms with Crippen LogP contribution in [-0.4, -0.2) is 9.97 Å². The molecular weight excluding hydrogens is 308 g/mol. The van der Waals surface area contributed by atoms with Crippen LogP contribution >= 0.6 is 12.2 Å². The summed E-state index contributed by atoms with van der Waals surface area (Å²) in [5.74, 6) is 0.784. The minimum Gasteiger partial charge on any atom is -0.489 e. The fraction of sp³-hybridized carbons (Fsp3) is 0.111. The van der Waals surface area contributed by atoms with Gasteiger partial charge in [-0.1, -0.05) is 42.5 Å². The molecule has 0 saturated heterocycles. The number of rotatable bonds is 5. The van der Waals surface area contributed by atoms with Gasteiger partial charge in [-0.3, -0.25) is 9.78 Å². The van der Waals surface area contributed by atoms with Gasteiger partial charge in [-0.05, 0) is 35.5 Å². The topological polar surface area (TPSA) is 57.9 Å². The molecule has 2 aromatic carbocycles. The van der Waals surface area contributed by atoms with E-state index in [9.17, 15) is 4.79 Å². The van der Waals surface area contributed by atoms with Crippen molar-refractivity contribution in [3.63, 3.8) is 0 Å². The molecule has 5 heteroatoms. The van der Waals surface area contributed by atoms with E-state index in [1.807, 2.05) is 54.6 Å². The molecule has 0 radical (unpaired) electrons. The van der Waals surface area contributed by atoms with E-state index < -0.39 is 0 Å². The average Bonchev–Trinajstić information content (AvgIpc) is 2.57. The average molecular weight is 324 g/mol. The Morgan fingerprint density at radius 2 is 1.78 bits per heavy atom. The van der Waals surface area contributed by atoms with Crippen LogP contribution in [0.4, 0.5) is 0 Å². The lowest BCUT2D eigenvalue weighted by Crippen LogP contribution is -2.13. The number of ether oxygens (including phenoxy) is 1. The Morgan fingerprint density at radius 1 is 1.00 bits per heavy atom. The van der Waals surface area contributed by atoms with Gasteiger partial charge in [0, 0.05) is 18.2 Å². The minimum absolute atomic E-state index is 0.163. The monoisotopic (exact) mass is 324 g/mol. The van der Waals surface area contributed by atoms with Crippen LogP contribution in [0.5, 0.6) is 5.75 Å². The molecule has 0 fully saturated rings. The zero-order chi connectivity index (χ0) is 16.1. The first-order valence-electron chi connectivity index (χ1n) is 7.27. The normalized spacial score (nSPS) is 10.4. The second kappa shape index (κ2) is 7.07. The molecule has 0 spiro atoms. The predicted molar refractivity (Wildman–Crippen MR) is 92.3 cm³/mol. The second-order valence-electron chi connectivity index (χ2n) is 5.20. The van der Waals surface area contributed by atoms with Crippen molar-refractivity contribution >= 4 is 12.2 Å². The highest BCUT2D eigenvalue weighted by molar-refractivity contribution is 7.71. The first-order chi connectivity index (χ1) is 11.2. The lowest BCUT2D eigenvalue weighted by atomic mass is 10.1. The molecule has 23 heavy (non-hydrogen) atoms. The maximum Gasteiger partial charge on any atom is 0.255 e. The molecule has 3 rings (SSSR count). The molecule has 2 N–H and O–H groups in total. The largest absolute Gasteiger partial charge is 0.489 e. The number of aromatic nitrogens is 2. The fourth-order valence-electron chi connectivity index (χ4n) is 2.28. The van der Waals surface area contributed by atoms with Crippen molar-refractivity contribution in [3.8, 4) is 5.75 Å². The SMILES string of the molecule is O=c1[nH]c(=S)[nH]cc1Cc1cccc(OCc2ccccc2)c1. The lowest BCUT2D eigenvalue weighted by molar-refractivity contribution is 0.306. The molecule has 0 bridgehead atoms.